The van der Waals surface area contributed by atoms with E-state index in [0.29, 0.717) is 19.6 Å². The lowest BCUT2D eigenvalue weighted by molar-refractivity contribution is -0.121. The molecule has 3 rings (SSSR count). The highest BCUT2D eigenvalue weighted by Crippen LogP contribution is 2.18. The summed E-state index contributed by atoms with van der Waals surface area (Å²) in [5, 5.41) is 0. The van der Waals surface area contributed by atoms with Crippen molar-refractivity contribution in [2.45, 2.75) is 17.7 Å². The Morgan fingerprint density at radius 1 is 1.06 bits per heavy atom. The highest BCUT2D eigenvalue weighted by atomic mass is 32.2. The summed E-state index contributed by atoms with van der Waals surface area (Å²) in [4.78, 5) is 24.4. The lowest BCUT2D eigenvalue weighted by atomic mass is 10.1. The molecule has 2 N–H and O–H groups in total. The molecular formula is C21H25N3O6S. The molecule has 0 aromatic heterocycles. The minimum absolute atomic E-state index is 0.0212. The van der Waals surface area contributed by atoms with Crippen LogP contribution in [0.1, 0.15) is 22.3 Å². The molecule has 1 heterocycles. The van der Waals surface area contributed by atoms with E-state index in [-0.39, 0.29) is 35.9 Å². The first-order chi connectivity index (χ1) is 14.9. The highest BCUT2D eigenvalue weighted by Gasteiger charge is 2.26. The van der Waals surface area contributed by atoms with Gasteiger partial charge in [0, 0.05) is 25.1 Å². The number of carbonyl (C=O) groups is 2. The maximum atomic E-state index is 12.7. The molecule has 0 atom stereocenters. The van der Waals surface area contributed by atoms with Crippen LogP contribution in [0, 0.1) is 0 Å². The standard InChI is InChI=1S/C21H25N3O6S/c1-29-18-8-5-16(6-9-18)7-10-20(25)22-23-21(26)17-3-2-4-19(15-17)31(27,28)24-11-13-30-14-12-24/h2-6,8-9,15H,7,10-14H2,1H3,(H,22,25)(H,23,26). The number of sulfonamides is 1. The van der Waals surface area contributed by atoms with Crippen molar-refractivity contribution in [3.05, 3.63) is 59.7 Å². The summed E-state index contributed by atoms with van der Waals surface area (Å²) < 4.78 is 37.1. The maximum Gasteiger partial charge on any atom is 0.269 e. The zero-order valence-electron chi connectivity index (χ0n) is 17.2. The van der Waals surface area contributed by atoms with Gasteiger partial charge >= 0.3 is 0 Å². The van der Waals surface area contributed by atoms with Gasteiger partial charge in [-0.05, 0) is 42.3 Å². The fraction of sp³-hybridized carbons (Fsp3) is 0.333. The van der Waals surface area contributed by atoms with E-state index in [9.17, 15) is 18.0 Å². The summed E-state index contributed by atoms with van der Waals surface area (Å²) in [7, 11) is -2.13. The Morgan fingerprint density at radius 2 is 1.77 bits per heavy atom. The Balaban J connectivity index is 1.54. The van der Waals surface area contributed by atoms with Gasteiger partial charge < -0.3 is 9.47 Å². The summed E-state index contributed by atoms with van der Waals surface area (Å²) >= 11 is 0. The average Bonchev–Trinajstić information content (AvgIpc) is 2.82. The second-order valence-corrected chi connectivity index (χ2v) is 8.83. The van der Waals surface area contributed by atoms with E-state index in [4.69, 9.17) is 9.47 Å². The van der Waals surface area contributed by atoms with Gasteiger partial charge in [0.05, 0.1) is 25.2 Å². The van der Waals surface area contributed by atoms with Crippen molar-refractivity contribution < 1.29 is 27.5 Å². The van der Waals surface area contributed by atoms with Crippen molar-refractivity contribution in [3.63, 3.8) is 0 Å². The summed E-state index contributed by atoms with van der Waals surface area (Å²) in [5.41, 5.74) is 5.77. The van der Waals surface area contributed by atoms with Crippen LogP contribution in [-0.4, -0.2) is 58.0 Å². The molecule has 0 aliphatic carbocycles. The minimum Gasteiger partial charge on any atom is -0.497 e. The number of hydrazine groups is 1. The molecule has 0 saturated carbocycles. The van der Waals surface area contributed by atoms with Crippen LogP contribution >= 0.6 is 0 Å². The fourth-order valence-electron chi connectivity index (χ4n) is 3.05. The molecule has 0 unspecified atom stereocenters. The van der Waals surface area contributed by atoms with Crippen LogP contribution in [0.3, 0.4) is 0 Å². The van der Waals surface area contributed by atoms with E-state index in [0.717, 1.165) is 11.3 Å². The van der Waals surface area contributed by atoms with Crippen LogP contribution < -0.4 is 15.6 Å². The zero-order valence-corrected chi connectivity index (χ0v) is 18.0. The minimum atomic E-state index is -3.72. The van der Waals surface area contributed by atoms with Gasteiger partial charge in [0.15, 0.2) is 0 Å². The van der Waals surface area contributed by atoms with Crippen LogP contribution in [0.2, 0.25) is 0 Å². The Hall–Kier alpha value is -2.95. The number of methoxy groups -OCH3 is 1. The summed E-state index contributed by atoms with van der Waals surface area (Å²) in [6, 6.07) is 13.1. The SMILES string of the molecule is COc1ccc(CCC(=O)NNC(=O)c2cccc(S(=O)(=O)N3CCOCC3)c2)cc1. The number of amides is 2. The number of hydrogen-bond acceptors (Lipinski definition) is 6. The number of ether oxygens (including phenoxy) is 2. The predicted molar refractivity (Wildman–Crippen MR) is 113 cm³/mol. The van der Waals surface area contributed by atoms with Crippen LogP contribution in [0.4, 0.5) is 0 Å². The predicted octanol–water partition coefficient (Wildman–Crippen LogP) is 1.11. The van der Waals surface area contributed by atoms with E-state index in [2.05, 4.69) is 10.9 Å². The fourth-order valence-corrected chi connectivity index (χ4v) is 4.50. The average molecular weight is 448 g/mol. The topological polar surface area (TPSA) is 114 Å². The monoisotopic (exact) mass is 447 g/mol. The molecule has 166 valence electrons. The van der Waals surface area contributed by atoms with Crippen molar-refractivity contribution >= 4 is 21.8 Å². The van der Waals surface area contributed by atoms with Crippen LogP contribution in [-0.2, 0) is 26.0 Å². The quantitative estimate of drug-likeness (QED) is 0.615. The van der Waals surface area contributed by atoms with Gasteiger partial charge in [0.1, 0.15) is 5.75 Å². The summed E-state index contributed by atoms with van der Waals surface area (Å²) in [5.74, 6) is -0.226. The Labute approximate surface area is 181 Å². The molecule has 1 fully saturated rings. The molecular weight excluding hydrogens is 422 g/mol. The first-order valence-corrected chi connectivity index (χ1v) is 11.2. The lowest BCUT2D eigenvalue weighted by Gasteiger charge is -2.26. The van der Waals surface area contributed by atoms with Crippen molar-refractivity contribution in [3.8, 4) is 5.75 Å². The Bertz CT molecular complexity index is 1020. The largest absolute Gasteiger partial charge is 0.497 e. The highest BCUT2D eigenvalue weighted by molar-refractivity contribution is 7.89. The molecule has 2 aromatic rings. The second kappa shape index (κ2) is 10.4. The molecule has 1 aliphatic rings. The van der Waals surface area contributed by atoms with Gasteiger partial charge in [0.2, 0.25) is 15.9 Å². The number of nitrogens with one attached hydrogen (secondary N) is 2. The number of carbonyl (C=O) groups excluding carboxylic acids is 2. The molecule has 1 aliphatic heterocycles. The lowest BCUT2D eigenvalue weighted by Crippen LogP contribution is -2.42. The van der Waals surface area contributed by atoms with E-state index >= 15 is 0 Å². The molecule has 0 radical (unpaired) electrons. The molecule has 0 spiro atoms. The number of rotatable bonds is 7. The van der Waals surface area contributed by atoms with Crippen molar-refractivity contribution in [1.29, 1.82) is 0 Å². The second-order valence-electron chi connectivity index (χ2n) is 6.89. The van der Waals surface area contributed by atoms with E-state index in [1.165, 1.54) is 28.6 Å². The smallest absolute Gasteiger partial charge is 0.269 e. The first kappa shape index (κ1) is 22.7. The summed E-state index contributed by atoms with van der Waals surface area (Å²) in [6.45, 7) is 1.20. The van der Waals surface area contributed by atoms with Gasteiger partial charge in [0.25, 0.3) is 5.91 Å². The number of hydrogen-bond donors (Lipinski definition) is 2. The number of nitrogens with zero attached hydrogens (tertiary/aromatic N) is 1. The summed E-state index contributed by atoms with van der Waals surface area (Å²) in [6.07, 6.45) is 0.678. The van der Waals surface area contributed by atoms with Crippen molar-refractivity contribution in [1.82, 2.24) is 15.2 Å². The molecule has 2 amide bonds. The number of benzene rings is 2. The van der Waals surface area contributed by atoms with Gasteiger partial charge in [-0.1, -0.05) is 18.2 Å². The third-order valence-corrected chi connectivity index (χ3v) is 6.71. The first-order valence-electron chi connectivity index (χ1n) is 9.80. The van der Waals surface area contributed by atoms with Crippen LogP contribution in [0.25, 0.3) is 0 Å². The molecule has 2 aromatic carbocycles. The van der Waals surface area contributed by atoms with Crippen LogP contribution in [0.5, 0.6) is 5.75 Å². The van der Waals surface area contributed by atoms with Gasteiger partial charge in [-0.25, -0.2) is 8.42 Å². The van der Waals surface area contributed by atoms with Crippen molar-refractivity contribution in [2.24, 2.45) is 0 Å². The van der Waals surface area contributed by atoms with Crippen LogP contribution in [0.15, 0.2) is 53.4 Å². The van der Waals surface area contributed by atoms with Gasteiger partial charge in [-0.2, -0.15) is 4.31 Å². The maximum absolute atomic E-state index is 12.7. The molecule has 0 bridgehead atoms. The zero-order chi connectivity index (χ0) is 22.3. The third kappa shape index (κ3) is 6.03. The van der Waals surface area contributed by atoms with E-state index < -0.39 is 15.9 Å². The van der Waals surface area contributed by atoms with Gasteiger partial charge in [-0.15, -0.1) is 0 Å². The number of aryl methyl sites for hydroxylation is 1. The van der Waals surface area contributed by atoms with E-state index in [1.54, 1.807) is 7.11 Å². The van der Waals surface area contributed by atoms with Crippen molar-refractivity contribution in [2.75, 3.05) is 33.4 Å². The Morgan fingerprint density at radius 3 is 2.45 bits per heavy atom. The van der Waals surface area contributed by atoms with Gasteiger partial charge in [-0.3, -0.25) is 20.4 Å². The molecule has 31 heavy (non-hydrogen) atoms. The normalized spacial score (nSPS) is 14.6. The third-order valence-electron chi connectivity index (χ3n) is 4.82. The molecule has 10 heteroatoms. The Kier molecular flexibility index (Phi) is 7.61. The molecule has 1 saturated heterocycles. The number of morpholine rings is 1. The molecule has 9 nitrogen and oxygen atoms in total. The van der Waals surface area contributed by atoms with E-state index in [1.807, 2.05) is 24.3 Å².